The molecule has 2 aromatic rings. The summed E-state index contributed by atoms with van der Waals surface area (Å²) in [5.41, 5.74) is 2.36. The van der Waals surface area contributed by atoms with Crippen LogP contribution >= 0.6 is 0 Å². The second-order valence-electron chi connectivity index (χ2n) is 6.39. The fourth-order valence-electron chi connectivity index (χ4n) is 2.32. The maximum Gasteiger partial charge on any atom is 0.265 e. The van der Waals surface area contributed by atoms with Gasteiger partial charge >= 0.3 is 0 Å². The number of carbonyl (C=O) groups is 2. The van der Waals surface area contributed by atoms with Crippen LogP contribution in [-0.4, -0.2) is 24.0 Å². The minimum Gasteiger partial charge on any atom is -0.481 e. The van der Waals surface area contributed by atoms with Crippen molar-refractivity contribution in [1.29, 1.82) is 0 Å². The molecule has 0 aromatic heterocycles. The molecular formula is C20H22N2O3. The van der Waals surface area contributed by atoms with Gasteiger partial charge in [-0.25, -0.2) is 0 Å². The van der Waals surface area contributed by atoms with Gasteiger partial charge in [-0.2, -0.15) is 0 Å². The molecule has 0 spiro atoms. The van der Waals surface area contributed by atoms with Crippen LogP contribution in [0.2, 0.25) is 0 Å². The summed E-state index contributed by atoms with van der Waals surface area (Å²) in [5, 5.41) is 5.73. The van der Waals surface area contributed by atoms with Crippen molar-refractivity contribution in [3.63, 3.8) is 0 Å². The molecule has 1 fully saturated rings. The summed E-state index contributed by atoms with van der Waals surface area (Å²) >= 11 is 0. The molecule has 130 valence electrons. The third kappa shape index (κ3) is 4.83. The van der Waals surface area contributed by atoms with Gasteiger partial charge in [-0.05, 0) is 63.1 Å². The molecule has 5 nitrogen and oxygen atoms in total. The molecule has 0 aliphatic heterocycles. The second kappa shape index (κ2) is 7.38. The molecule has 2 N–H and O–H groups in total. The molecule has 1 saturated carbocycles. The first-order valence-electron chi connectivity index (χ1n) is 8.46. The highest BCUT2D eigenvalue weighted by Crippen LogP contribution is 2.20. The standard InChI is InChI=1S/C20H22N2O3/c1-13-3-11-18(12-4-13)25-14(2)19(23)21-16-7-5-15(6-8-16)20(24)22-17-9-10-17/h3-8,11-12,14,17H,9-10H2,1-2H3,(H,21,23)(H,22,24). The zero-order valence-corrected chi connectivity index (χ0v) is 14.4. The van der Waals surface area contributed by atoms with Crippen molar-refractivity contribution < 1.29 is 14.3 Å². The molecule has 3 rings (SSSR count). The Labute approximate surface area is 147 Å². The highest BCUT2D eigenvalue weighted by atomic mass is 16.5. The molecule has 0 saturated heterocycles. The van der Waals surface area contributed by atoms with Crippen LogP contribution in [0.4, 0.5) is 5.69 Å². The van der Waals surface area contributed by atoms with E-state index in [0.29, 0.717) is 23.0 Å². The molecule has 2 amide bonds. The average molecular weight is 338 g/mol. The zero-order chi connectivity index (χ0) is 17.8. The smallest absolute Gasteiger partial charge is 0.265 e. The molecule has 1 aliphatic carbocycles. The third-order valence-electron chi connectivity index (χ3n) is 4.03. The Hall–Kier alpha value is -2.82. The Kier molecular flexibility index (Phi) is 5.03. The van der Waals surface area contributed by atoms with E-state index >= 15 is 0 Å². The van der Waals surface area contributed by atoms with Crippen molar-refractivity contribution >= 4 is 17.5 Å². The fraction of sp³-hybridized carbons (Fsp3) is 0.300. The van der Waals surface area contributed by atoms with Crippen LogP contribution < -0.4 is 15.4 Å². The van der Waals surface area contributed by atoms with E-state index in [-0.39, 0.29) is 11.8 Å². The first-order valence-corrected chi connectivity index (χ1v) is 8.46. The second-order valence-corrected chi connectivity index (χ2v) is 6.39. The van der Waals surface area contributed by atoms with Gasteiger partial charge in [0.2, 0.25) is 0 Å². The lowest BCUT2D eigenvalue weighted by atomic mass is 10.2. The number of hydrogen-bond donors (Lipinski definition) is 2. The van der Waals surface area contributed by atoms with Gasteiger partial charge in [0.25, 0.3) is 11.8 Å². The van der Waals surface area contributed by atoms with Crippen molar-refractivity contribution in [2.45, 2.75) is 38.8 Å². The van der Waals surface area contributed by atoms with Gasteiger partial charge in [-0.1, -0.05) is 17.7 Å². The number of anilines is 1. The molecule has 2 aromatic carbocycles. The van der Waals surface area contributed by atoms with Crippen LogP contribution in [0.3, 0.4) is 0 Å². The summed E-state index contributed by atoms with van der Waals surface area (Å²) < 4.78 is 5.64. The number of aryl methyl sites for hydroxylation is 1. The van der Waals surface area contributed by atoms with Crippen LogP contribution in [-0.2, 0) is 4.79 Å². The molecule has 1 atom stereocenters. The monoisotopic (exact) mass is 338 g/mol. The molecular weight excluding hydrogens is 316 g/mol. The van der Waals surface area contributed by atoms with Gasteiger partial charge < -0.3 is 15.4 Å². The van der Waals surface area contributed by atoms with Gasteiger partial charge in [0.15, 0.2) is 6.10 Å². The molecule has 1 unspecified atom stereocenters. The summed E-state index contributed by atoms with van der Waals surface area (Å²) in [6.07, 6.45) is 1.48. The molecule has 25 heavy (non-hydrogen) atoms. The minimum atomic E-state index is -0.624. The number of nitrogens with one attached hydrogen (secondary N) is 2. The summed E-state index contributed by atoms with van der Waals surface area (Å²) in [6.45, 7) is 3.70. The Morgan fingerprint density at radius 1 is 1.04 bits per heavy atom. The largest absolute Gasteiger partial charge is 0.481 e. The van der Waals surface area contributed by atoms with Crippen LogP contribution in [0.5, 0.6) is 5.75 Å². The zero-order valence-electron chi connectivity index (χ0n) is 14.4. The number of amides is 2. The van der Waals surface area contributed by atoms with Gasteiger partial charge in [0, 0.05) is 17.3 Å². The summed E-state index contributed by atoms with van der Waals surface area (Å²) in [4.78, 5) is 24.2. The lowest BCUT2D eigenvalue weighted by Crippen LogP contribution is -2.30. The van der Waals surface area contributed by atoms with Crippen molar-refractivity contribution in [1.82, 2.24) is 5.32 Å². The number of hydrogen-bond acceptors (Lipinski definition) is 3. The number of carbonyl (C=O) groups excluding carboxylic acids is 2. The van der Waals surface area contributed by atoms with Crippen molar-refractivity contribution in [2.24, 2.45) is 0 Å². The SMILES string of the molecule is Cc1ccc(OC(C)C(=O)Nc2ccc(C(=O)NC3CC3)cc2)cc1. The van der Waals surface area contributed by atoms with Gasteiger partial charge in [-0.15, -0.1) is 0 Å². The van der Waals surface area contributed by atoms with E-state index < -0.39 is 6.10 Å². The molecule has 0 radical (unpaired) electrons. The maximum absolute atomic E-state index is 12.2. The molecule has 0 bridgehead atoms. The molecule has 0 heterocycles. The van der Waals surface area contributed by atoms with Crippen LogP contribution in [0.1, 0.15) is 35.7 Å². The van der Waals surface area contributed by atoms with E-state index in [2.05, 4.69) is 10.6 Å². The fourth-order valence-corrected chi connectivity index (χ4v) is 2.32. The summed E-state index contributed by atoms with van der Waals surface area (Å²) in [6, 6.07) is 14.7. The van der Waals surface area contributed by atoms with Crippen LogP contribution in [0.25, 0.3) is 0 Å². The normalized spacial score (nSPS) is 14.5. The van der Waals surface area contributed by atoms with E-state index in [1.807, 2.05) is 31.2 Å². The van der Waals surface area contributed by atoms with Crippen LogP contribution in [0, 0.1) is 6.92 Å². The Balaban J connectivity index is 1.54. The van der Waals surface area contributed by atoms with Crippen molar-refractivity contribution in [3.05, 3.63) is 59.7 Å². The van der Waals surface area contributed by atoms with E-state index in [1.54, 1.807) is 31.2 Å². The number of benzene rings is 2. The summed E-state index contributed by atoms with van der Waals surface area (Å²) in [5.74, 6) is 0.340. The van der Waals surface area contributed by atoms with Gasteiger partial charge in [0.1, 0.15) is 5.75 Å². The third-order valence-corrected chi connectivity index (χ3v) is 4.03. The van der Waals surface area contributed by atoms with Crippen molar-refractivity contribution in [2.75, 3.05) is 5.32 Å². The number of ether oxygens (including phenoxy) is 1. The average Bonchev–Trinajstić information content (AvgIpc) is 3.41. The lowest BCUT2D eigenvalue weighted by molar-refractivity contribution is -0.122. The predicted octanol–water partition coefficient (Wildman–Crippen LogP) is 3.29. The maximum atomic E-state index is 12.2. The predicted molar refractivity (Wildman–Crippen MR) is 96.8 cm³/mol. The Morgan fingerprint density at radius 3 is 2.28 bits per heavy atom. The van der Waals surface area contributed by atoms with E-state index in [0.717, 1.165) is 18.4 Å². The Morgan fingerprint density at radius 2 is 1.68 bits per heavy atom. The van der Waals surface area contributed by atoms with Gasteiger partial charge in [0.05, 0.1) is 0 Å². The topological polar surface area (TPSA) is 67.4 Å². The first kappa shape index (κ1) is 17.0. The van der Waals surface area contributed by atoms with Crippen molar-refractivity contribution in [3.8, 4) is 5.75 Å². The van der Waals surface area contributed by atoms with E-state index in [1.165, 1.54) is 0 Å². The number of rotatable bonds is 6. The molecule has 5 heteroatoms. The van der Waals surface area contributed by atoms with E-state index in [9.17, 15) is 9.59 Å². The quantitative estimate of drug-likeness (QED) is 0.849. The lowest BCUT2D eigenvalue weighted by Gasteiger charge is -2.15. The summed E-state index contributed by atoms with van der Waals surface area (Å²) in [7, 11) is 0. The van der Waals surface area contributed by atoms with Crippen LogP contribution in [0.15, 0.2) is 48.5 Å². The van der Waals surface area contributed by atoms with Gasteiger partial charge in [-0.3, -0.25) is 9.59 Å². The first-order chi connectivity index (χ1) is 12.0. The Bertz CT molecular complexity index is 750. The highest BCUT2D eigenvalue weighted by Gasteiger charge is 2.23. The molecule has 1 aliphatic rings. The minimum absolute atomic E-state index is 0.0727. The van der Waals surface area contributed by atoms with E-state index in [4.69, 9.17) is 4.74 Å². The highest BCUT2D eigenvalue weighted by molar-refractivity contribution is 5.97.